The maximum absolute atomic E-state index is 6.17. The third-order valence-electron chi connectivity index (χ3n) is 3.60. The molecule has 20 heavy (non-hydrogen) atoms. The van der Waals surface area contributed by atoms with E-state index in [1.54, 1.807) is 0 Å². The summed E-state index contributed by atoms with van der Waals surface area (Å²) in [6.07, 6.45) is 1.15. The highest BCUT2D eigenvalue weighted by atomic mass is 35.5. The van der Waals surface area contributed by atoms with Crippen LogP contribution in [-0.4, -0.2) is 11.0 Å². The molecule has 1 aliphatic carbocycles. The minimum atomic E-state index is 0.329. The van der Waals surface area contributed by atoms with E-state index in [4.69, 9.17) is 29.6 Å². The Hall–Kier alpha value is -1.58. The van der Waals surface area contributed by atoms with Crippen molar-refractivity contribution in [1.29, 1.82) is 0 Å². The third kappa shape index (κ3) is 2.79. The molecule has 3 rings (SSSR count). The summed E-state index contributed by atoms with van der Waals surface area (Å²) < 4.78 is 0. The second-order valence-corrected chi connectivity index (χ2v) is 5.91. The number of hydrogen-bond acceptors (Lipinski definition) is 2. The summed E-state index contributed by atoms with van der Waals surface area (Å²) in [5.41, 5.74) is 8.73. The number of anilines is 1. The molecule has 2 nitrogen and oxygen atoms in total. The summed E-state index contributed by atoms with van der Waals surface area (Å²) in [7, 11) is 0. The van der Waals surface area contributed by atoms with Crippen LogP contribution in [0.2, 0.25) is 5.02 Å². The van der Waals surface area contributed by atoms with Crippen LogP contribution in [0.5, 0.6) is 0 Å². The lowest BCUT2D eigenvalue weighted by Gasteiger charge is -2.09. The van der Waals surface area contributed by atoms with Gasteiger partial charge in [0.15, 0.2) is 0 Å². The molecule has 4 heteroatoms. The molecule has 3 N–H and O–H groups in total. The Balaban J connectivity index is 1.68. The molecule has 0 amide bonds. The van der Waals surface area contributed by atoms with Gasteiger partial charge in [-0.25, -0.2) is 0 Å². The summed E-state index contributed by atoms with van der Waals surface area (Å²) in [6, 6.07) is 16.8. The van der Waals surface area contributed by atoms with Gasteiger partial charge in [0, 0.05) is 23.2 Å². The Kier molecular flexibility index (Phi) is 3.64. The molecular weight excluding hydrogens is 288 g/mol. The summed E-state index contributed by atoms with van der Waals surface area (Å²) in [5, 5.41) is 4.10. The smallest absolute Gasteiger partial charge is 0.105 e. The number of halogens is 1. The Morgan fingerprint density at radius 3 is 2.60 bits per heavy atom. The minimum absolute atomic E-state index is 0.329. The van der Waals surface area contributed by atoms with Gasteiger partial charge < -0.3 is 11.1 Å². The summed E-state index contributed by atoms with van der Waals surface area (Å²) in [5.74, 6) is 0.588. The highest BCUT2D eigenvalue weighted by Gasteiger charge is 2.38. The summed E-state index contributed by atoms with van der Waals surface area (Å²) in [6.45, 7) is 0. The average Bonchev–Trinajstić information content (AvgIpc) is 3.18. The van der Waals surface area contributed by atoms with E-state index in [2.05, 4.69) is 29.6 Å². The van der Waals surface area contributed by atoms with Crippen LogP contribution in [0, 0.1) is 0 Å². The Morgan fingerprint density at radius 1 is 1.20 bits per heavy atom. The van der Waals surface area contributed by atoms with Gasteiger partial charge in [0.2, 0.25) is 0 Å². The molecule has 0 aliphatic heterocycles. The average molecular weight is 303 g/mol. The normalized spacial score (nSPS) is 20.4. The Bertz CT molecular complexity index is 642. The number of thiocarbonyl (C=S) groups is 1. The highest BCUT2D eigenvalue weighted by molar-refractivity contribution is 7.80. The summed E-state index contributed by atoms with van der Waals surface area (Å²) >= 11 is 11.1. The molecule has 1 fully saturated rings. The zero-order chi connectivity index (χ0) is 14.1. The fraction of sp³-hybridized carbons (Fsp3) is 0.188. The molecule has 0 aromatic heterocycles. The van der Waals surface area contributed by atoms with Crippen LogP contribution in [0.25, 0.3) is 0 Å². The van der Waals surface area contributed by atoms with Crippen molar-refractivity contribution in [3.05, 3.63) is 64.7 Å². The fourth-order valence-electron chi connectivity index (χ4n) is 2.44. The van der Waals surface area contributed by atoms with E-state index in [9.17, 15) is 0 Å². The van der Waals surface area contributed by atoms with Crippen LogP contribution < -0.4 is 11.1 Å². The van der Waals surface area contributed by atoms with Crippen molar-refractivity contribution in [1.82, 2.24) is 0 Å². The number of nitrogens with one attached hydrogen (secondary N) is 1. The van der Waals surface area contributed by atoms with Crippen molar-refractivity contribution in [2.45, 2.75) is 18.4 Å². The fourth-order valence-corrected chi connectivity index (χ4v) is 2.96. The summed E-state index contributed by atoms with van der Waals surface area (Å²) in [4.78, 5) is 0.329. The lowest BCUT2D eigenvalue weighted by atomic mass is 10.1. The molecule has 2 aromatic rings. The zero-order valence-corrected chi connectivity index (χ0v) is 12.4. The van der Waals surface area contributed by atoms with Crippen molar-refractivity contribution in [3.63, 3.8) is 0 Å². The van der Waals surface area contributed by atoms with Gasteiger partial charge >= 0.3 is 0 Å². The molecule has 1 saturated carbocycles. The molecule has 1 aliphatic rings. The predicted molar refractivity (Wildman–Crippen MR) is 88.6 cm³/mol. The molecule has 0 radical (unpaired) electrons. The first-order chi connectivity index (χ1) is 9.65. The number of rotatable bonds is 4. The van der Waals surface area contributed by atoms with Gasteiger partial charge in [-0.2, -0.15) is 0 Å². The maximum atomic E-state index is 6.17. The first-order valence-electron chi connectivity index (χ1n) is 6.56. The third-order valence-corrected chi connectivity index (χ3v) is 4.14. The predicted octanol–water partition coefficient (Wildman–Crippen LogP) is 3.94. The van der Waals surface area contributed by atoms with E-state index in [1.807, 2.05) is 24.3 Å². The molecule has 0 heterocycles. The van der Waals surface area contributed by atoms with Gasteiger partial charge in [0.05, 0.1) is 5.02 Å². The molecular formula is C16H15ClN2S. The molecule has 102 valence electrons. The van der Waals surface area contributed by atoms with E-state index in [-0.39, 0.29) is 0 Å². The van der Waals surface area contributed by atoms with Crippen molar-refractivity contribution >= 4 is 34.5 Å². The van der Waals surface area contributed by atoms with Crippen molar-refractivity contribution in [3.8, 4) is 0 Å². The molecule has 0 spiro atoms. The van der Waals surface area contributed by atoms with Crippen LogP contribution in [0.15, 0.2) is 48.5 Å². The first kappa shape index (κ1) is 13.4. The van der Waals surface area contributed by atoms with E-state index < -0.39 is 0 Å². The lowest BCUT2D eigenvalue weighted by Crippen LogP contribution is -2.10. The van der Waals surface area contributed by atoms with Gasteiger partial charge in [-0.05, 0) is 30.2 Å². The minimum Gasteiger partial charge on any atom is -0.389 e. The SMILES string of the molecule is NC(=S)c1ccc(NC2CC2c2ccccc2)cc1Cl. The van der Waals surface area contributed by atoms with Crippen LogP contribution in [0.4, 0.5) is 5.69 Å². The topological polar surface area (TPSA) is 38.0 Å². The Morgan fingerprint density at radius 2 is 1.95 bits per heavy atom. The standard InChI is InChI=1S/C16H15ClN2S/c17-14-8-11(6-7-12(14)16(18)20)19-15-9-13(15)10-4-2-1-3-5-10/h1-8,13,15,19H,9H2,(H2,18,20). The van der Waals surface area contributed by atoms with Gasteiger partial charge in [0.25, 0.3) is 0 Å². The monoisotopic (exact) mass is 302 g/mol. The number of benzene rings is 2. The van der Waals surface area contributed by atoms with E-state index >= 15 is 0 Å². The molecule has 2 atom stereocenters. The van der Waals surface area contributed by atoms with E-state index in [0.29, 0.717) is 22.0 Å². The second-order valence-electron chi connectivity index (χ2n) is 5.06. The second kappa shape index (κ2) is 5.43. The van der Waals surface area contributed by atoms with Crippen LogP contribution in [0.3, 0.4) is 0 Å². The first-order valence-corrected chi connectivity index (χ1v) is 7.34. The molecule has 0 saturated heterocycles. The molecule has 2 aromatic carbocycles. The van der Waals surface area contributed by atoms with Gasteiger partial charge in [-0.1, -0.05) is 54.2 Å². The maximum Gasteiger partial charge on any atom is 0.105 e. The van der Waals surface area contributed by atoms with Crippen LogP contribution in [-0.2, 0) is 0 Å². The molecule has 2 unspecified atom stereocenters. The quantitative estimate of drug-likeness (QED) is 0.840. The van der Waals surface area contributed by atoms with E-state index in [1.165, 1.54) is 5.56 Å². The van der Waals surface area contributed by atoms with Crippen molar-refractivity contribution in [2.75, 3.05) is 5.32 Å². The van der Waals surface area contributed by atoms with Crippen LogP contribution >= 0.6 is 23.8 Å². The lowest BCUT2D eigenvalue weighted by molar-refractivity contribution is 1.05. The number of nitrogens with two attached hydrogens (primary N) is 1. The van der Waals surface area contributed by atoms with Crippen molar-refractivity contribution < 1.29 is 0 Å². The van der Waals surface area contributed by atoms with Crippen LogP contribution in [0.1, 0.15) is 23.5 Å². The van der Waals surface area contributed by atoms with Gasteiger partial charge in [-0.15, -0.1) is 0 Å². The molecule has 0 bridgehead atoms. The van der Waals surface area contributed by atoms with Gasteiger partial charge in [0.1, 0.15) is 4.99 Å². The zero-order valence-electron chi connectivity index (χ0n) is 10.8. The Labute approximate surface area is 128 Å². The highest BCUT2D eigenvalue weighted by Crippen LogP contribution is 2.42. The van der Waals surface area contributed by atoms with Gasteiger partial charge in [-0.3, -0.25) is 0 Å². The largest absolute Gasteiger partial charge is 0.389 e. The van der Waals surface area contributed by atoms with E-state index in [0.717, 1.165) is 17.7 Å². The van der Waals surface area contributed by atoms with Crippen molar-refractivity contribution in [2.24, 2.45) is 5.73 Å². The number of hydrogen-bond donors (Lipinski definition) is 2.